The number of carbonyl (C=O) groups excluding carboxylic acids is 1. The summed E-state index contributed by atoms with van der Waals surface area (Å²) in [5, 5.41) is 9.20. The molecule has 0 bridgehead atoms. The van der Waals surface area contributed by atoms with E-state index in [-0.39, 0.29) is 11.5 Å². The SMILES string of the molecule is N[C@@H](Cc1ccc(O)cc1)C(=O)[C]Cc1ccccc1. The van der Waals surface area contributed by atoms with Gasteiger partial charge in [-0.05, 0) is 36.1 Å². The molecule has 0 saturated heterocycles. The average Bonchev–Trinajstić information content (AvgIpc) is 2.48. The van der Waals surface area contributed by atoms with Crippen molar-refractivity contribution in [3.63, 3.8) is 0 Å². The average molecular weight is 267 g/mol. The van der Waals surface area contributed by atoms with Crippen molar-refractivity contribution in [2.45, 2.75) is 18.9 Å². The van der Waals surface area contributed by atoms with Gasteiger partial charge in [-0.15, -0.1) is 0 Å². The van der Waals surface area contributed by atoms with E-state index in [9.17, 15) is 9.90 Å². The van der Waals surface area contributed by atoms with Gasteiger partial charge in [-0.3, -0.25) is 4.79 Å². The zero-order chi connectivity index (χ0) is 14.4. The predicted octanol–water partition coefficient (Wildman–Crippen LogP) is 2.16. The van der Waals surface area contributed by atoms with E-state index in [1.165, 1.54) is 0 Å². The minimum atomic E-state index is -0.594. The van der Waals surface area contributed by atoms with Gasteiger partial charge in [0.25, 0.3) is 0 Å². The molecular weight excluding hydrogens is 250 g/mol. The molecule has 0 saturated carbocycles. The maximum Gasteiger partial charge on any atom is 0.158 e. The van der Waals surface area contributed by atoms with E-state index in [0.717, 1.165) is 11.1 Å². The van der Waals surface area contributed by atoms with E-state index in [4.69, 9.17) is 5.73 Å². The smallest absolute Gasteiger partial charge is 0.158 e. The van der Waals surface area contributed by atoms with Crippen LogP contribution in [0.25, 0.3) is 0 Å². The molecule has 0 heterocycles. The van der Waals surface area contributed by atoms with Crippen molar-refractivity contribution in [2.24, 2.45) is 5.73 Å². The zero-order valence-corrected chi connectivity index (χ0v) is 11.1. The van der Waals surface area contributed by atoms with E-state index < -0.39 is 6.04 Å². The van der Waals surface area contributed by atoms with E-state index in [0.29, 0.717) is 12.8 Å². The molecule has 3 heteroatoms. The number of benzene rings is 2. The summed E-state index contributed by atoms with van der Waals surface area (Å²) in [4.78, 5) is 11.9. The summed E-state index contributed by atoms with van der Waals surface area (Å²) in [6.45, 7) is 0. The number of carbonyl (C=O) groups is 1. The fourth-order valence-electron chi connectivity index (χ4n) is 1.89. The van der Waals surface area contributed by atoms with Crippen LogP contribution in [-0.2, 0) is 17.6 Å². The minimum absolute atomic E-state index is 0.179. The van der Waals surface area contributed by atoms with Crippen molar-refractivity contribution >= 4 is 5.78 Å². The number of nitrogens with two attached hydrogens (primary N) is 1. The van der Waals surface area contributed by atoms with Crippen molar-refractivity contribution in [2.75, 3.05) is 0 Å². The molecule has 0 fully saturated rings. The quantitative estimate of drug-likeness (QED) is 0.843. The second-order valence-electron chi connectivity index (χ2n) is 4.68. The third kappa shape index (κ3) is 4.21. The lowest BCUT2D eigenvalue weighted by Gasteiger charge is -2.10. The molecule has 2 aromatic carbocycles. The molecule has 3 nitrogen and oxygen atoms in total. The van der Waals surface area contributed by atoms with Gasteiger partial charge in [0.05, 0.1) is 12.5 Å². The van der Waals surface area contributed by atoms with Crippen LogP contribution in [0.3, 0.4) is 0 Å². The van der Waals surface area contributed by atoms with Gasteiger partial charge in [-0.25, -0.2) is 0 Å². The number of rotatable bonds is 6. The highest BCUT2D eigenvalue weighted by Gasteiger charge is 2.14. The van der Waals surface area contributed by atoms with Crippen molar-refractivity contribution in [3.05, 3.63) is 72.1 Å². The van der Waals surface area contributed by atoms with Crippen LogP contribution in [0.15, 0.2) is 54.6 Å². The number of Topliss-reactive ketones (excluding diaryl/α,β-unsaturated/α-hetero) is 1. The van der Waals surface area contributed by atoms with E-state index >= 15 is 0 Å². The van der Waals surface area contributed by atoms with E-state index in [1.54, 1.807) is 24.3 Å². The summed E-state index contributed by atoms with van der Waals surface area (Å²) in [5.74, 6) is 0.0257. The maximum absolute atomic E-state index is 11.9. The van der Waals surface area contributed by atoms with Crippen LogP contribution in [0, 0.1) is 6.42 Å². The van der Waals surface area contributed by atoms with Crippen molar-refractivity contribution in [1.82, 2.24) is 0 Å². The Morgan fingerprint density at radius 2 is 1.70 bits per heavy atom. The van der Waals surface area contributed by atoms with Gasteiger partial charge in [-0.2, -0.15) is 0 Å². The van der Waals surface area contributed by atoms with Crippen LogP contribution in [0.5, 0.6) is 5.75 Å². The summed E-state index contributed by atoms with van der Waals surface area (Å²) in [7, 11) is 0. The molecule has 2 rings (SSSR count). The van der Waals surface area contributed by atoms with Crippen LogP contribution in [-0.4, -0.2) is 16.9 Å². The first kappa shape index (κ1) is 14.3. The molecule has 102 valence electrons. The minimum Gasteiger partial charge on any atom is -0.508 e. The van der Waals surface area contributed by atoms with Gasteiger partial charge in [0, 0.05) is 0 Å². The molecule has 2 radical (unpaired) electrons. The maximum atomic E-state index is 11.9. The fraction of sp³-hybridized carbons (Fsp3) is 0.176. The Labute approximate surface area is 119 Å². The molecule has 0 aliphatic carbocycles. The highest BCUT2D eigenvalue weighted by atomic mass is 16.3. The first-order valence-corrected chi connectivity index (χ1v) is 6.50. The lowest BCUT2D eigenvalue weighted by Crippen LogP contribution is -2.33. The van der Waals surface area contributed by atoms with Gasteiger partial charge in [0.2, 0.25) is 0 Å². The van der Waals surface area contributed by atoms with Gasteiger partial charge in [-0.1, -0.05) is 42.5 Å². The monoisotopic (exact) mass is 267 g/mol. The Kier molecular flexibility index (Phi) is 4.91. The summed E-state index contributed by atoms with van der Waals surface area (Å²) < 4.78 is 0. The Morgan fingerprint density at radius 3 is 2.35 bits per heavy atom. The number of phenols is 1. The van der Waals surface area contributed by atoms with Gasteiger partial charge < -0.3 is 10.8 Å². The Balaban J connectivity index is 1.84. The van der Waals surface area contributed by atoms with E-state index in [1.807, 2.05) is 30.3 Å². The first-order chi connectivity index (χ1) is 9.65. The summed E-state index contributed by atoms with van der Waals surface area (Å²) in [6, 6.07) is 15.8. The standard InChI is InChI=1S/C17H17NO2/c18-16(12-14-6-9-15(19)10-7-14)17(20)11-8-13-4-2-1-3-5-13/h1-7,9-10,16,19H,8,12,18H2/t16-/m0/s1. The molecule has 0 amide bonds. The van der Waals surface area contributed by atoms with Crippen LogP contribution in [0.2, 0.25) is 0 Å². The van der Waals surface area contributed by atoms with Crippen LogP contribution in [0.1, 0.15) is 11.1 Å². The van der Waals surface area contributed by atoms with Gasteiger partial charge in [0.1, 0.15) is 5.75 Å². The second-order valence-corrected chi connectivity index (χ2v) is 4.68. The zero-order valence-electron chi connectivity index (χ0n) is 11.1. The molecule has 20 heavy (non-hydrogen) atoms. The molecule has 1 atom stereocenters. The number of hydrogen-bond acceptors (Lipinski definition) is 3. The summed E-state index contributed by atoms with van der Waals surface area (Å²) in [5.41, 5.74) is 7.84. The highest BCUT2D eigenvalue weighted by molar-refractivity contribution is 5.92. The van der Waals surface area contributed by atoms with Crippen molar-refractivity contribution in [1.29, 1.82) is 0 Å². The third-order valence-corrected chi connectivity index (χ3v) is 3.04. The Hall–Kier alpha value is -2.13. The van der Waals surface area contributed by atoms with Crippen molar-refractivity contribution in [3.8, 4) is 5.75 Å². The highest BCUT2D eigenvalue weighted by Crippen LogP contribution is 2.12. The molecule has 0 unspecified atom stereocenters. The topological polar surface area (TPSA) is 63.3 Å². The second kappa shape index (κ2) is 6.87. The molecule has 0 aromatic heterocycles. The fourth-order valence-corrected chi connectivity index (χ4v) is 1.89. The van der Waals surface area contributed by atoms with E-state index in [2.05, 4.69) is 6.42 Å². The molecule has 0 spiro atoms. The molecule has 2 aromatic rings. The number of hydrogen-bond donors (Lipinski definition) is 2. The lowest BCUT2D eigenvalue weighted by atomic mass is 9.98. The number of ketones is 1. The van der Waals surface area contributed by atoms with Crippen molar-refractivity contribution < 1.29 is 9.90 Å². The molecular formula is C17H17NO2. The lowest BCUT2D eigenvalue weighted by molar-refractivity contribution is -0.117. The van der Waals surface area contributed by atoms with Gasteiger partial charge in [0.15, 0.2) is 5.78 Å². The predicted molar refractivity (Wildman–Crippen MR) is 78.2 cm³/mol. The number of aromatic hydroxyl groups is 1. The Bertz CT molecular complexity index is 549. The van der Waals surface area contributed by atoms with Crippen LogP contribution in [0.4, 0.5) is 0 Å². The normalized spacial score (nSPS) is 12.1. The van der Waals surface area contributed by atoms with Gasteiger partial charge >= 0.3 is 0 Å². The first-order valence-electron chi connectivity index (χ1n) is 6.50. The number of phenolic OH excluding ortho intramolecular Hbond substituents is 1. The summed E-state index contributed by atoms with van der Waals surface area (Å²) >= 11 is 0. The molecule has 0 aliphatic rings. The van der Waals surface area contributed by atoms with Crippen LogP contribution >= 0.6 is 0 Å². The van der Waals surface area contributed by atoms with Crippen LogP contribution < -0.4 is 5.73 Å². The third-order valence-electron chi connectivity index (χ3n) is 3.04. The Morgan fingerprint density at radius 1 is 1.05 bits per heavy atom. The molecule has 0 aliphatic heterocycles. The largest absolute Gasteiger partial charge is 0.508 e. The summed E-state index contributed by atoms with van der Waals surface area (Å²) in [6.07, 6.45) is 3.74. The molecule has 3 N–H and O–H groups in total.